The molecule has 0 radical (unpaired) electrons. The molecule has 0 aromatic heterocycles. The molecule has 2 rings (SSSR count). The molecule has 0 fully saturated rings. The first kappa shape index (κ1) is 20.6. The predicted octanol–water partition coefficient (Wildman–Crippen LogP) is 2.26. The van der Waals surface area contributed by atoms with Crippen LogP contribution in [0.15, 0.2) is 58.7 Å². The van der Waals surface area contributed by atoms with E-state index in [1.807, 2.05) is 0 Å². The molecule has 28 heavy (non-hydrogen) atoms. The summed E-state index contributed by atoms with van der Waals surface area (Å²) in [7, 11) is 0. The van der Waals surface area contributed by atoms with E-state index in [0.717, 1.165) is 0 Å². The molecular formula is C20H22N4O4. The Labute approximate surface area is 162 Å². The number of phenolic OH excluding ortho intramolecular Hbond substituents is 2. The molecule has 0 bridgehead atoms. The number of carbonyl (C=O) groups is 2. The van der Waals surface area contributed by atoms with Crippen LogP contribution < -0.4 is 10.9 Å². The summed E-state index contributed by atoms with van der Waals surface area (Å²) in [6.45, 7) is 3.39. The van der Waals surface area contributed by atoms with Crippen molar-refractivity contribution in [3.8, 4) is 11.5 Å². The van der Waals surface area contributed by atoms with E-state index in [1.54, 1.807) is 50.2 Å². The van der Waals surface area contributed by atoms with Crippen molar-refractivity contribution >= 4 is 23.2 Å². The van der Waals surface area contributed by atoms with Crippen LogP contribution in [0.5, 0.6) is 11.5 Å². The normalized spacial score (nSPS) is 11.8. The van der Waals surface area contributed by atoms with Gasteiger partial charge in [-0.05, 0) is 38.1 Å². The minimum atomic E-state index is -0.414. The molecular weight excluding hydrogens is 360 g/mol. The van der Waals surface area contributed by atoms with Crippen LogP contribution in [-0.4, -0.2) is 33.5 Å². The molecule has 146 valence electrons. The second-order valence-electron chi connectivity index (χ2n) is 6.07. The zero-order chi connectivity index (χ0) is 20.5. The largest absolute Gasteiger partial charge is 0.508 e. The van der Waals surface area contributed by atoms with Crippen LogP contribution in [0.2, 0.25) is 0 Å². The first-order valence-electron chi connectivity index (χ1n) is 8.60. The maximum atomic E-state index is 11.8. The van der Waals surface area contributed by atoms with Crippen molar-refractivity contribution in [2.45, 2.75) is 26.7 Å². The van der Waals surface area contributed by atoms with Crippen LogP contribution in [-0.2, 0) is 9.59 Å². The molecule has 8 heteroatoms. The molecule has 2 aromatic carbocycles. The van der Waals surface area contributed by atoms with Gasteiger partial charge in [0.1, 0.15) is 11.5 Å². The van der Waals surface area contributed by atoms with Crippen LogP contribution in [0.25, 0.3) is 0 Å². The average molecular weight is 382 g/mol. The molecule has 0 saturated heterocycles. The number of amides is 2. The Bertz CT molecular complexity index is 846. The van der Waals surface area contributed by atoms with Crippen molar-refractivity contribution in [3.05, 3.63) is 59.7 Å². The van der Waals surface area contributed by atoms with Crippen LogP contribution >= 0.6 is 0 Å². The number of hydrazone groups is 2. The van der Waals surface area contributed by atoms with Gasteiger partial charge in [0, 0.05) is 24.0 Å². The Hall–Kier alpha value is -3.68. The number of phenols is 2. The molecule has 0 aliphatic rings. The summed E-state index contributed by atoms with van der Waals surface area (Å²) in [5, 5.41) is 26.8. The van der Waals surface area contributed by atoms with Gasteiger partial charge in [-0.25, -0.2) is 10.9 Å². The summed E-state index contributed by atoms with van der Waals surface area (Å²) in [6, 6.07) is 13.0. The van der Waals surface area contributed by atoms with E-state index >= 15 is 0 Å². The van der Waals surface area contributed by atoms with Crippen molar-refractivity contribution in [2.75, 3.05) is 0 Å². The molecule has 0 atom stereocenters. The molecule has 0 aliphatic heterocycles. The van der Waals surface area contributed by atoms with Gasteiger partial charge in [0.15, 0.2) is 0 Å². The Morgan fingerprint density at radius 1 is 0.786 bits per heavy atom. The minimum absolute atomic E-state index is 0.0522. The van der Waals surface area contributed by atoms with Gasteiger partial charge in [-0.3, -0.25) is 9.59 Å². The SMILES string of the molecule is C/C(=N\NC(=O)CCC(=O)N/N=C(\C)c1cccc(O)c1)c1cccc(O)c1. The highest BCUT2D eigenvalue weighted by molar-refractivity contribution is 6.00. The maximum Gasteiger partial charge on any atom is 0.240 e. The zero-order valence-electron chi connectivity index (χ0n) is 15.6. The highest BCUT2D eigenvalue weighted by Gasteiger charge is 2.07. The number of hydrogen-bond acceptors (Lipinski definition) is 6. The number of benzene rings is 2. The lowest BCUT2D eigenvalue weighted by Gasteiger charge is -2.04. The first-order valence-corrected chi connectivity index (χ1v) is 8.60. The van der Waals surface area contributed by atoms with Crippen LogP contribution in [0, 0.1) is 0 Å². The second-order valence-corrected chi connectivity index (χ2v) is 6.07. The Balaban J connectivity index is 1.79. The van der Waals surface area contributed by atoms with Gasteiger partial charge in [-0.1, -0.05) is 24.3 Å². The maximum absolute atomic E-state index is 11.8. The number of rotatable bonds is 7. The molecule has 4 N–H and O–H groups in total. The summed E-state index contributed by atoms with van der Waals surface area (Å²) in [6.07, 6.45) is -0.104. The standard InChI is InChI=1S/C20H22N4O4/c1-13(15-5-3-7-17(25)11-15)21-23-19(27)9-10-20(28)24-22-14(2)16-6-4-8-18(26)12-16/h3-8,11-12,25-26H,9-10H2,1-2H3,(H,23,27)(H,24,28)/b21-13+,22-14+. The van der Waals surface area contributed by atoms with Gasteiger partial charge in [-0.15, -0.1) is 0 Å². The summed E-state index contributed by atoms with van der Waals surface area (Å²) >= 11 is 0. The highest BCUT2D eigenvalue weighted by Crippen LogP contribution is 2.12. The molecule has 2 amide bonds. The molecule has 0 heterocycles. The summed E-state index contributed by atoms with van der Waals surface area (Å²) in [5.74, 6) is -0.611. The lowest BCUT2D eigenvalue weighted by molar-refractivity contribution is -0.126. The molecule has 2 aromatic rings. The van der Waals surface area contributed by atoms with Crippen molar-refractivity contribution < 1.29 is 19.8 Å². The molecule has 0 aliphatic carbocycles. The third-order valence-electron chi connectivity index (χ3n) is 3.80. The molecule has 0 unspecified atom stereocenters. The second kappa shape index (κ2) is 9.86. The van der Waals surface area contributed by atoms with Gasteiger partial charge >= 0.3 is 0 Å². The smallest absolute Gasteiger partial charge is 0.240 e. The summed E-state index contributed by atoms with van der Waals surface area (Å²) in [5.41, 5.74) is 7.16. The fraction of sp³-hybridized carbons (Fsp3) is 0.200. The van der Waals surface area contributed by atoms with E-state index in [4.69, 9.17) is 0 Å². The summed E-state index contributed by atoms with van der Waals surface area (Å²) < 4.78 is 0. The van der Waals surface area contributed by atoms with Gasteiger partial charge in [-0.2, -0.15) is 10.2 Å². The summed E-state index contributed by atoms with van der Waals surface area (Å²) in [4.78, 5) is 23.7. The number of nitrogens with one attached hydrogen (secondary N) is 2. The third kappa shape index (κ3) is 6.56. The molecule has 0 saturated carbocycles. The quantitative estimate of drug-likeness (QED) is 0.433. The lowest BCUT2D eigenvalue weighted by atomic mass is 10.1. The Morgan fingerprint density at radius 2 is 1.18 bits per heavy atom. The van der Waals surface area contributed by atoms with Gasteiger partial charge in [0.05, 0.1) is 11.4 Å². The number of hydrogen-bond donors (Lipinski definition) is 4. The van der Waals surface area contributed by atoms with E-state index in [1.165, 1.54) is 12.1 Å². The fourth-order valence-corrected chi connectivity index (χ4v) is 2.22. The van der Waals surface area contributed by atoms with Crippen LogP contribution in [0.3, 0.4) is 0 Å². The average Bonchev–Trinajstić information content (AvgIpc) is 2.68. The topological polar surface area (TPSA) is 123 Å². The van der Waals surface area contributed by atoms with Crippen molar-refractivity contribution in [3.63, 3.8) is 0 Å². The number of carbonyl (C=O) groups excluding carboxylic acids is 2. The first-order chi connectivity index (χ1) is 13.3. The van der Waals surface area contributed by atoms with Crippen molar-refractivity contribution in [1.82, 2.24) is 10.9 Å². The van der Waals surface area contributed by atoms with Gasteiger partial charge < -0.3 is 10.2 Å². The van der Waals surface area contributed by atoms with E-state index in [9.17, 15) is 19.8 Å². The van der Waals surface area contributed by atoms with Crippen molar-refractivity contribution in [2.24, 2.45) is 10.2 Å². The fourth-order valence-electron chi connectivity index (χ4n) is 2.22. The van der Waals surface area contributed by atoms with Crippen LogP contribution in [0.1, 0.15) is 37.8 Å². The zero-order valence-corrected chi connectivity index (χ0v) is 15.6. The minimum Gasteiger partial charge on any atom is -0.508 e. The molecule has 8 nitrogen and oxygen atoms in total. The van der Waals surface area contributed by atoms with E-state index in [2.05, 4.69) is 21.1 Å². The lowest BCUT2D eigenvalue weighted by Crippen LogP contribution is -2.24. The van der Waals surface area contributed by atoms with E-state index < -0.39 is 11.8 Å². The Morgan fingerprint density at radius 3 is 1.54 bits per heavy atom. The van der Waals surface area contributed by atoms with Gasteiger partial charge in [0.25, 0.3) is 0 Å². The van der Waals surface area contributed by atoms with Crippen molar-refractivity contribution in [1.29, 1.82) is 0 Å². The Kier molecular flexibility index (Phi) is 7.27. The predicted molar refractivity (Wildman–Crippen MR) is 106 cm³/mol. The third-order valence-corrected chi connectivity index (χ3v) is 3.80. The highest BCUT2D eigenvalue weighted by atomic mass is 16.3. The monoisotopic (exact) mass is 382 g/mol. The van der Waals surface area contributed by atoms with E-state index in [0.29, 0.717) is 22.6 Å². The van der Waals surface area contributed by atoms with E-state index in [-0.39, 0.29) is 24.3 Å². The number of nitrogens with zero attached hydrogens (tertiary/aromatic N) is 2. The number of aromatic hydroxyl groups is 2. The van der Waals surface area contributed by atoms with Gasteiger partial charge in [0.2, 0.25) is 11.8 Å². The van der Waals surface area contributed by atoms with Crippen LogP contribution in [0.4, 0.5) is 0 Å². The molecule has 0 spiro atoms.